The first-order valence-electron chi connectivity index (χ1n) is 6.92. The molecule has 20 heavy (non-hydrogen) atoms. The average Bonchev–Trinajstić information content (AvgIpc) is 2.41. The van der Waals surface area contributed by atoms with Gasteiger partial charge in [-0.15, -0.1) is 0 Å². The van der Waals surface area contributed by atoms with Crippen molar-refractivity contribution < 1.29 is 19.1 Å². The zero-order valence-electron chi connectivity index (χ0n) is 11.8. The molecule has 2 N–H and O–H groups in total. The summed E-state index contributed by atoms with van der Waals surface area (Å²) in [6.45, 7) is 3.45. The van der Waals surface area contributed by atoms with Crippen LogP contribution >= 0.6 is 0 Å². The van der Waals surface area contributed by atoms with Crippen molar-refractivity contribution >= 4 is 12.1 Å². The maximum atomic E-state index is 11.9. The summed E-state index contributed by atoms with van der Waals surface area (Å²) >= 11 is 0. The van der Waals surface area contributed by atoms with Gasteiger partial charge in [0.1, 0.15) is 18.8 Å². The van der Waals surface area contributed by atoms with Crippen LogP contribution in [0, 0.1) is 0 Å². The van der Waals surface area contributed by atoms with Gasteiger partial charge in [-0.25, -0.2) is 5.43 Å². The molecule has 0 saturated carbocycles. The highest BCUT2D eigenvalue weighted by Gasteiger charge is 2.27. The van der Waals surface area contributed by atoms with Gasteiger partial charge in [0.15, 0.2) is 6.54 Å². The maximum Gasteiger partial charge on any atom is 0.295 e. The van der Waals surface area contributed by atoms with Crippen LogP contribution in [0.5, 0.6) is 0 Å². The van der Waals surface area contributed by atoms with Crippen molar-refractivity contribution in [1.29, 1.82) is 0 Å². The Balaban J connectivity index is 1.80. The first kappa shape index (κ1) is 14.7. The lowest BCUT2D eigenvalue weighted by molar-refractivity contribution is -0.909. The van der Waals surface area contributed by atoms with Crippen molar-refractivity contribution in [3.63, 3.8) is 0 Å². The third-order valence-electron chi connectivity index (χ3n) is 3.63. The first-order chi connectivity index (χ1) is 9.59. The van der Waals surface area contributed by atoms with E-state index in [1.54, 1.807) is 6.08 Å². The van der Waals surface area contributed by atoms with Crippen LogP contribution in [0.3, 0.4) is 0 Å². The molecule has 0 unspecified atom stereocenters. The topological polar surface area (TPSA) is 70.9 Å². The number of quaternary nitrogens is 1. The number of morpholine rings is 1. The maximum absolute atomic E-state index is 11.9. The van der Waals surface area contributed by atoms with Gasteiger partial charge in [-0.2, -0.15) is 5.10 Å². The molecule has 0 aromatic carbocycles. The summed E-state index contributed by atoms with van der Waals surface area (Å²) in [5.41, 5.74) is 3.17. The predicted molar refractivity (Wildman–Crippen MR) is 76.3 cm³/mol. The number of aliphatic hydroxyl groups excluding tert-OH is 1. The summed E-state index contributed by atoms with van der Waals surface area (Å²) in [6, 6.07) is 0. The fraction of sp³-hybridized carbons (Fsp3) is 0.571. The van der Waals surface area contributed by atoms with Crippen molar-refractivity contribution in [2.45, 2.75) is 12.8 Å². The molecule has 1 aliphatic heterocycles. The van der Waals surface area contributed by atoms with Gasteiger partial charge in [-0.05, 0) is 18.9 Å². The van der Waals surface area contributed by atoms with Gasteiger partial charge >= 0.3 is 0 Å². The highest BCUT2D eigenvalue weighted by atomic mass is 16.5. The van der Waals surface area contributed by atoms with Gasteiger partial charge in [0, 0.05) is 5.57 Å². The van der Waals surface area contributed by atoms with E-state index in [0.29, 0.717) is 29.8 Å². The number of carbonyl (C=O) groups excluding carboxylic acids is 1. The molecule has 110 valence electrons. The number of rotatable bonds is 4. The molecule has 2 aliphatic rings. The van der Waals surface area contributed by atoms with E-state index in [4.69, 9.17) is 4.74 Å². The number of hydrogen-bond acceptors (Lipinski definition) is 4. The van der Waals surface area contributed by atoms with E-state index in [0.717, 1.165) is 25.9 Å². The van der Waals surface area contributed by atoms with E-state index in [1.807, 2.05) is 13.1 Å². The molecule has 0 atom stereocenters. The number of nitrogens with zero attached hydrogens (tertiary/aromatic N) is 2. The molecule has 0 radical (unpaired) electrons. The molecule has 0 aromatic heterocycles. The summed E-state index contributed by atoms with van der Waals surface area (Å²) in [5.74, 6) is 0.104. The summed E-state index contributed by atoms with van der Waals surface area (Å²) in [7, 11) is 2.05. The number of hydrazone groups is 1. The van der Waals surface area contributed by atoms with Crippen molar-refractivity contribution in [1.82, 2.24) is 5.43 Å². The quantitative estimate of drug-likeness (QED) is 0.453. The second-order valence-corrected chi connectivity index (χ2v) is 5.46. The summed E-state index contributed by atoms with van der Waals surface area (Å²) in [4.78, 5) is 11.9. The molecule has 0 spiro atoms. The van der Waals surface area contributed by atoms with E-state index < -0.39 is 0 Å². The second kappa shape index (κ2) is 6.67. The number of aliphatic hydroxyl groups is 1. The number of amides is 1. The second-order valence-electron chi connectivity index (χ2n) is 5.46. The molecular formula is C14H22N3O3+. The number of hydrogen-bond donors (Lipinski definition) is 2. The van der Waals surface area contributed by atoms with Crippen molar-refractivity contribution in [2.24, 2.45) is 5.10 Å². The first-order valence-corrected chi connectivity index (χ1v) is 6.92. The number of carbonyl (C=O) groups is 1. The molecule has 1 amide bonds. The number of allylic oxidation sites excluding steroid dienone is 3. The Hall–Kier alpha value is -1.66. The number of likely N-dealkylation sites (N-methyl/N-ethyl adjacent to an activating group) is 1. The zero-order chi connectivity index (χ0) is 14.4. The highest BCUT2D eigenvalue weighted by Crippen LogP contribution is 2.14. The minimum Gasteiger partial charge on any atom is -0.508 e. The van der Waals surface area contributed by atoms with E-state index >= 15 is 0 Å². The van der Waals surface area contributed by atoms with E-state index in [9.17, 15) is 9.90 Å². The molecule has 2 rings (SSSR count). The zero-order valence-corrected chi connectivity index (χ0v) is 11.8. The highest BCUT2D eigenvalue weighted by molar-refractivity contribution is 5.85. The molecule has 6 nitrogen and oxygen atoms in total. The fourth-order valence-corrected chi connectivity index (χ4v) is 2.30. The van der Waals surface area contributed by atoms with Crippen LogP contribution in [-0.4, -0.2) is 61.6 Å². The smallest absolute Gasteiger partial charge is 0.295 e. The van der Waals surface area contributed by atoms with Gasteiger partial charge < -0.3 is 14.3 Å². The molecule has 0 aromatic rings. The Kier molecular flexibility index (Phi) is 4.92. The minimum atomic E-state index is -0.120. The monoisotopic (exact) mass is 280 g/mol. The summed E-state index contributed by atoms with van der Waals surface area (Å²) in [6.07, 6.45) is 6.87. The van der Waals surface area contributed by atoms with Gasteiger partial charge in [0.2, 0.25) is 0 Å². The molecule has 0 bridgehead atoms. The predicted octanol–water partition coefficient (Wildman–Crippen LogP) is 0.727. The van der Waals surface area contributed by atoms with E-state index in [-0.39, 0.29) is 11.7 Å². The lowest BCUT2D eigenvalue weighted by Gasteiger charge is -2.36. The van der Waals surface area contributed by atoms with Crippen molar-refractivity contribution in [2.75, 3.05) is 39.9 Å². The van der Waals surface area contributed by atoms with Crippen LogP contribution < -0.4 is 5.43 Å². The Morgan fingerprint density at radius 2 is 2.15 bits per heavy atom. The number of nitrogens with one attached hydrogen (secondary N) is 1. The fourth-order valence-electron chi connectivity index (χ4n) is 2.30. The SMILES string of the molecule is C[N+]1(CC(=O)N/N=C/C2=CCCC=C2O)CCOCC1. The average molecular weight is 280 g/mol. The van der Waals surface area contributed by atoms with Crippen molar-refractivity contribution in [3.05, 3.63) is 23.5 Å². The lowest BCUT2D eigenvalue weighted by Crippen LogP contribution is -2.55. The van der Waals surface area contributed by atoms with Gasteiger partial charge in [0.05, 0.1) is 26.5 Å². The molecule has 1 fully saturated rings. The molecule has 1 saturated heterocycles. The summed E-state index contributed by atoms with van der Waals surface area (Å²) in [5, 5.41) is 13.5. The van der Waals surface area contributed by atoms with Crippen LogP contribution in [0.4, 0.5) is 0 Å². The van der Waals surface area contributed by atoms with Crippen LogP contribution in [-0.2, 0) is 9.53 Å². The van der Waals surface area contributed by atoms with Crippen LogP contribution in [0.25, 0.3) is 0 Å². The third kappa shape index (κ3) is 4.18. The third-order valence-corrected chi connectivity index (χ3v) is 3.63. The summed E-state index contributed by atoms with van der Waals surface area (Å²) < 4.78 is 5.98. The van der Waals surface area contributed by atoms with Crippen molar-refractivity contribution in [3.8, 4) is 0 Å². The Bertz CT molecular complexity index is 449. The lowest BCUT2D eigenvalue weighted by atomic mass is 10.1. The molecular weight excluding hydrogens is 258 g/mol. The van der Waals surface area contributed by atoms with E-state index in [1.165, 1.54) is 6.21 Å². The Labute approximate surface area is 119 Å². The molecule has 1 aliphatic carbocycles. The van der Waals surface area contributed by atoms with Gasteiger partial charge in [-0.3, -0.25) is 4.79 Å². The molecule has 1 heterocycles. The van der Waals surface area contributed by atoms with Gasteiger partial charge in [0.25, 0.3) is 5.91 Å². The van der Waals surface area contributed by atoms with Crippen LogP contribution in [0.2, 0.25) is 0 Å². The van der Waals surface area contributed by atoms with Gasteiger partial charge in [-0.1, -0.05) is 6.08 Å². The van der Waals surface area contributed by atoms with Crippen LogP contribution in [0.15, 0.2) is 28.6 Å². The Morgan fingerprint density at radius 1 is 1.45 bits per heavy atom. The largest absolute Gasteiger partial charge is 0.508 e. The minimum absolute atomic E-state index is 0.120. The standard InChI is InChI=1S/C14H21N3O3/c1-17(6-8-20-9-7-17)11-14(19)16-15-10-12-4-2-3-5-13(12)18/h4-5,10H,2-3,6-9,11H2,1H3,(H-,16,18,19)/p+1/b15-10+. The normalized spacial score (nSPS) is 22.2. The Morgan fingerprint density at radius 3 is 2.85 bits per heavy atom. The van der Waals surface area contributed by atoms with Crippen LogP contribution in [0.1, 0.15) is 12.8 Å². The molecule has 6 heteroatoms. The van der Waals surface area contributed by atoms with E-state index in [2.05, 4.69) is 10.5 Å². The number of ether oxygens (including phenoxy) is 1.